The molecule has 0 unspecified atom stereocenters. The van der Waals surface area contributed by atoms with E-state index in [1.807, 2.05) is 13.8 Å². The highest BCUT2D eigenvalue weighted by Crippen LogP contribution is 2.17. The number of nitrogens with one attached hydrogen (secondary N) is 1. The molecule has 0 saturated heterocycles. The van der Waals surface area contributed by atoms with Crippen molar-refractivity contribution < 1.29 is 9.53 Å². The van der Waals surface area contributed by atoms with Gasteiger partial charge in [0.05, 0.1) is 6.61 Å². The molecule has 1 aliphatic carbocycles. The number of amides is 1. The van der Waals surface area contributed by atoms with Crippen LogP contribution in [0.3, 0.4) is 0 Å². The average molecular weight is 185 g/mol. The van der Waals surface area contributed by atoms with Gasteiger partial charge in [-0.25, -0.2) is 4.79 Å². The minimum atomic E-state index is -0.249. The smallest absolute Gasteiger partial charge is 0.407 e. The Morgan fingerprint density at radius 1 is 1.46 bits per heavy atom. The standard InChI is InChI=1S/C10H19NO2/c1-8(2)7-13-10(12)11-9-5-3-4-6-9/h8-9H,3-7H2,1-2H3,(H,11,12). The number of hydrogen-bond donors (Lipinski definition) is 1. The second-order valence-corrected chi connectivity index (χ2v) is 4.12. The molecule has 0 spiro atoms. The van der Waals surface area contributed by atoms with E-state index < -0.39 is 0 Å². The van der Waals surface area contributed by atoms with E-state index in [1.54, 1.807) is 0 Å². The molecule has 0 aromatic heterocycles. The summed E-state index contributed by atoms with van der Waals surface area (Å²) >= 11 is 0. The quantitative estimate of drug-likeness (QED) is 0.732. The van der Waals surface area contributed by atoms with Crippen LogP contribution in [-0.4, -0.2) is 18.7 Å². The topological polar surface area (TPSA) is 38.3 Å². The molecular weight excluding hydrogens is 166 g/mol. The lowest BCUT2D eigenvalue weighted by Crippen LogP contribution is -2.33. The maximum atomic E-state index is 11.2. The van der Waals surface area contributed by atoms with E-state index in [0.717, 1.165) is 12.8 Å². The van der Waals surface area contributed by atoms with E-state index >= 15 is 0 Å². The van der Waals surface area contributed by atoms with E-state index in [9.17, 15) is 4.79 Å². The van der Waals surface area contributed by atoms with Crippen LogP contribution < -0.4 is 5.32 Å². The van der Waals surface area contributed by atoms with Crippen LogP contribution in [-0.2, 0) is 4.74 Å². The lowest BCUT2D eigenvalue weighted by atomic mass is 10.2. The molecule has 1 aliphatic rings. The lowest BCUT2D eigenvalue weighted by Gasteiger charge is -2.12. The predicted molar refractivity (Wildman–Crippen MR) is 51.6 cm³/mol. The second kappa shape index (κ2) is 5.10. The Hall–Kier alpha value is -0.730. The van der Waals surface area contributed by atoms with Crippen molar-refractivity contribution in [1.82, 2.24) is 5.32 Å². The zero-order chi connectivity index (χ0) is 9.68. The SMILES string of the molecule is CC(C)COC(=O)NC1CCCC1. The third-order valence-corrected chi connectivity index (χ3v) is 2.22. The summed E-state index contributed by atoms with van der Waals surface area (Å²) in [6, 6.07) is 0.361. The van der Waals surface area contributed by atoms with Gasteiger partial charge in [0.2, 0.25) is 0 Å². The zero-order valence-corrected chi connectivity index (χ0v) is 8.51. The van der Waals surface area contributed by atoms with Crippen molar-refractivity contribution in [1.29, 1.82) is 0 Å². The molecule has 0 bridgehead atoms. The summed E-state index contributed by atoms with van der Waals surface area (Å²) in [7, 11) is 0. The molecule has 0 aromatic carbocycles. The number of carbonyl (C=O) groups is 1. The monoisotopic (exact) mass is 185 g/mol. The minimum absolute atomic E-state index is 0.249. The summed E-state index contributed by atoms with van der Waals surface area (Å²) in [6.07, 6.45) is 4.43. The van der Waals surface area contributed by atoms with E-state index in [1.165, 1.54) is 12.8 Å². The fourth-order valence-electron chi connectivity index (χ4n) is 1.52. The molecular formula is C10H19NO2. The van der Waals surface area contributed by atoms with Crippen molar-refractivity contribution in [3.05, 3.63) is 0 Å². The first-order valence-corrected chi connectivity index (χ1v) is 5.12. The van der Waals surface area contributed by atoms with Gasteiger partial charge in [0, 0.05) is 6.04 Å². The van der Waals surface area contributed by atoms with Gasteiger partial charge in [-0.15, -0.1) is 0 Å². The number of alkyl carbamates (subject to hydrolysis) is 1. The highest BCUT2D eigenvalue weighted by atomic mass is 16.5. The Labute approximate surface area is 79.8 Å². The van der Waals surface area contributed by atoms with Crippen molar-refractivity contribution >= 4 is 6.09 Å². The van der Waals surface area contributed by atoms with E-state index in [0.29, 0.717) is 18.6 Å². The molecule has 1 saturated carbocycles. The molecule has 13 heavy (non-hydrogen) atoms. The normalized spacial score (nSPS) is 17.8. The van der Waals surface area contributed by atoms with Crippen LogP contribution in [0.4, 0.5) is 4.79 Å². The van der Waals surface area contributed by atoms with Gasteiger partial charge in [-0.05, 0) is 18.8 Å². The molecule has 76 valence electrons. The second-order valence-electron chi connectivity index (χ2n) is 4.12. The molecule has 1 N–H and O–H groups in total. The summed E-state index contributed by atoms with van der Waals surface area (Å²) in [6.45, 7) is 4.57. The van der Waals surface area contributed by atoms with Crippen LogP contribution in [0.25, 0.3) is 0 Å². The Bertz CT molecular complexity index is 162. The van der Waals surface area contributed by atoms with Crippen LogP contribution in [0.5, 0.6) is 0 Å². The first-order chi connectivity index (χ1) is 6.18. The van der Waals surface area contributed by atoms with Gasteiger partial charge in [-0.3, -0.25) is 0 Å². The van der Waals surface area contributed by atoms with Gasteiger partial charge < -0.3 is 10.1 Å². The maximum absolute atomic E-state index is 11.2. The highest BCUT2D eigenvalue weighted by molar-refractivity contribution is 5.67. The van der Waals surface area contributed by atoms with Crippen molar-refractivity contribution in [3.8, 4) is 0 Å². The van der Waals surface area contributed by atoms with Gasteiger partial charge >= 0.3 is 6.09 Å². The third kappa shape index (κ3) is 4.15. The van der Waals surface area contributed by atoms with Crippen molar-refractivity contribution in [2.75, 3.05) is 6.61 Å². The lowest BCUT2D eigenvalue weighted by molar-refractivity contribution is 0.129. The fourth-order valence-corrected chi connectivity index (χ4v) is 1.52. The van der Waals surface area contributed by atoms with E-state index in [-0.39, 0.29) is 6.09 Å². The van der Waals surface area contributed by atoms with Crippen molar-refractivity contribution in [3.63, 3.8) is 0 Å². The molecule has 0 aromatic rings. The van der Waals surface area contributed by atoms with Gasteiger partial charge in [0.1, 0.15) is 0 Å². The van der Waals surface area contributed by atoms with E-state index in [4.69, 9.17) is 4.74 Å². The van der Waals surface area contributed by atoms with Crippen LogP contribution in [0.2, 0.25) is 0 Å². The third-order valence-electron chi connectivity index (χ3n) is 2.22. The Morgan fingerprint density at radius 3 is 2.62 bits per heavy atom. The minimum Gasteiger partial charge on any atom is -0.449 e. The Morgan fingerprint density at radius 2 is 2.08 bits per heavy atom. The zero-order valence-electron chi connectivity index (χ0n) is 8.51. The molecule has 0 atom stereocenters. The summed E-state index contributed by atoms with van der Waals surface area (Å²) in [5.41, 5.74) is 0. The highest BCUT2D eigenvalue weighted by Gasteiger charge is 2.17. The first-order valence-electron chi connectivity index (χ1n) is 5.12. The van der Waals surface area contributed by atoms with E-state index in [2.05, 4.69) is 5.32 Å². The number of carbonyl (C=O) groups excluding carboxylic acids is 1. The number of rotatable bonds is 3. The molecule has 1 amide bonds. The van der Waals surface area contributed by atoms with Crippen LogP contribution >= 0.6 is 0 Å². The maximum Gasteiger partial charge on any atom is 0.407 e. The van der Waals surface area contributed by atoms with Gasteiger partial charge in [0.15, 0.2) is 0 Å². The summed E-state index contributed by atoms with van der Waals surface area (Å²) in [4.78, 5) is 11.2. The molecule has 1 fully saturated rings. The number of ether oxygens (including phenoxy) is 1. The molecule has 0 heterocycles. The van der Waals surface area contributed by atoms with Gasteiger partial charge in [-0.2, -0.15) is 0 Å². The molecule has 0 radical (unpaired) electrons. The van der Waals surface area contributed by atoms with Gasteiger partial charge in [0.25, 0.3) is 0 Å². The number of hydrogen-bond acceptors (Lipinski definition) is 2. The van der Waals surface area contributed by atoms with Crippen molar-refractivity contribution in [2.45, 2.75) is 45.6 Å². The van der Waals surface area contributed by atoms with Crippen molar-refractivity contribution in [2.24, 2.45) is 5.92 Å². The first kappa shape index (κ1) is 10.4. The molecule has 1 rings (SSSR count). The molecule has 0 aliphatic heterocycles. The van der Waals surface area contributed by atoms with Crippen LogP contribution in [0.1, 0.15) is 39.5 Å². The van der Waals surface area contributed by atoms with Crippen LogP contribution in [0.15, 0.2) is 0 Å². The summed E-state index contributed by atoms with van der Waals surface area (Å²) in [5, 5.41) is 2.87. The Kier molecular flexibility index (Phi) is 4.06. The molecule has 3 heteroatoms. The van der Waals surface area contributed by atoms with Crippen LogP contribution in [0, 0.1) is 5.92 Å². The summed E-state index contributed by atoms with van der Waals surface area (Å²) in [5.74, 6) is 0.411. The predicted octanol–water partition coefficient (Wildman–Crippen LogP) is 2.31. The summed E-state index contributed by atoms with van der Waals surface area (Å²) < 4.78 is 5.02. The fraction of sp³-hybridized carbons (Fsp3) is 0.900. The average Bonchev–Trinajstić information content (AvgIpc) is 2.53. The molecule has 3 nitrogen and oxygen atoms in total. The largest absolute Gasteiger partial charge is 0.449 e. The van der Waals surface area contributed by atoms with Gasteiger partial charge in [-0.1, -0.05) is 26.7 Å². The Balaban J connectivity index is 2.09.